The van der Waals surface area contributed by atoms with E-state index < -0.39 is 0 Å². The Bertz CT molecular complexity index is 727. The molecule has 5 heteroatoms. The Morgan fingerprint density at radius 3 is 2.67 bits per heavy atom. The van der Waals surface area contributed by atoms with Gasteiger partial charge in [0, 0.05) is 19.7 Å². The molecule has 0 bridgehead atoms. The molecule has 0 amide bonds. The van der Waals surface area contributed by atoms with Crippen molar-refractivity contribution in [2.75, 3.05) is 19.8 Å². The average molecular weight is 390 g/mol. The van der Waals surface area contributed by atoms with E-state index in [9.17, 15) is 0 Å². The molecule has 0 spiro atoms. The number of hydrogen-bond donors (Lipinski definition) is 1. The van der Waals surface area contributed by atoms with Gasteiger partial charge < -0.3 is 19.5 Å². The number of benzene rings is 2. The second-order valence-corrected chi connectivity index (χ2v) is 7.29. The molecule has 2 aromatic carbocycles. The van der Waals surface area contributed by atoms with E-state index in [0.29, 0.717) is 35.8 Å². The van der Waals surface area contributed by atoms with E-state index in [1.54, 1.807) is 0 Å². The third-order valence-corrected chi connectivity index (χ3v) is 4.88. The number of aryl methyl sites for hydroxylation is 1. The van der Waals surface area contributed by atoms with Gasteiger partial charge in [0.1, 0.15) is 6.61 Å². The fourth-order valence-corrected chi connectivity index (χ4v) is 3.44. The van der Waals surface area contributed by atoms with Crippen LogP contribution in [0.1, 0.15) is 36.5 Å². The van der Waals surface area contributed by atoms with Crippen molar-refractivity contribution in [1.82, 2.24) is 5.32 Å². The van der Waals surface area contributed by atoms with Gasteiger partial charge in [0.2, 0.25) is 0 Å². The third kappa shape index (κ3) is 5.86. The van der Waals surface area contributed by atoms with Crippen LogP contribution < -0.4 is 14.8 Å². The van der Waals surface area contributed by atoms with Crippen molar-refractivity contribution in [3.8, 4) is 11.5 Å². The molecule has 0 saturated carbocycles. The van der Waals surface area contributed by atoms with Crippen LogP contribution in [0, 0.1) is 6.92 Å². The highest BCUT2D eigenvalue weighted by molar-refractivity contribution is 6.32. The Hall–Kier alpha value is -1.75. The zero-order valence-electron chi connectivity index (χ0n) is 16.1. The van der Waals surface area contributed by atoms with Gasteiger partial charge in [0.25, 0.3) is 0 Å². The van der Waals surface area contributed by atoms with Crippen LogP contribution in [0.5, 0.6) is 11.5 Å². The van der Waals surface area contributed by atoms with Crippen LogP contribution in [-0.4, -0.2) is 25.9 Å². The summed E-state index contributed by atoms with van der Waals surface area (Å²) in [5.41, 5.74) is 3.40. The summed E-state index contributed by atoms with van der Waals surface area (Å²) in [7, 11) is 0. The van der Waals surface area contributed by atoms with Crippen molar-refractivity contribution in [2.45, 2.75) is 45.9 Å². The van der Waals surface area contributed by atoms with Crippen molar-refractivity contribution in [3.63, 3.8) is 0 Å². The van der Waals surface area contributed by atoms with E-state index >= 15 is 0 Å². The Balaban J connectivity index is 1.64. The molecule has 0 radical (unpaired) electrons. The minimum absolute atomic E-state index is 0.323. The quantitative estimate of drug-likeness (QED) is 0.662. The average Bonchev–Trinajstić information content (AvgIpc) is 3.16. The fourth-order valence-electron chi connectivity index (χ4n) is 3.15. The van der Waals surface area contributed by atoms with Gasteiger partial charge in [-0.1, -0.05) is 41.4 Å². The first-order valence-corrected chi connectivity index (χ1v) is 9.99. The topological polar surface area (TPSA) is 39.7 Å². The lowest BCUT2D eigenvalue weighted by atomic mass is 10.1. The monoisotopic (exact) mass is 389 g/mol. The van der Waals surface area contributed by atoms with Crippen molar-refractivity contribution in [2.24, 2.45) is 0 Å². The van der Waals surface area contributed by atoms with Crippen molar-refractivity contribution < 1.29 is 14.2 Å². The first-order valence-electron chi connectivity index (χ1n) is 9.61. The summed E-state index contributed by atoms with van der Waals surface area (Å²) in [5, 5.41) is 4.01. The normalized spacial score (nSPS) is 16.5. The number of hydrogen-bond acceptors (Lipinski definition) is 4. The number of rotatable bonds is 9. The van der Waals surface area contributed by atoms with E-state index in [-0.39, 0.29) is 0 Å². The molecule has 3 rings (SSSR count). The summed E-state index contributed by atoms with van der Waals surface area (Å²) in [6.07, 6.45) is 2.60. The lowest BCUT2D eigenvalue weighted by Crippen LogP contribution is -2.25. The minimum atomic E-state index is 0.323. The molecular weight excluding hydrogens is 362 g/mol. The lowest BCUT2D eigenvalue weighted by molar-refractivity contribution is 0.110. The second kappa shape index (κ2) is 9.98. The maximum absolute atomic E-state index is 6.51. The van der Waals surface area contributed by atoms with Gasteiger partial charge in [-0.25, -0.2) is 0 Å². The van der Waals surface area contributed by atoms with Crippen LogP contribution in [0.25, 0.3) is 0 Å². The van der Waals surface area contributed by atoms with Crippen molar-refractivity contribution in [3.05, 3.63) is 58.1 Å². The number of halogens is 1. The maximum atomic E-state index is 6.51. The highest BCUT2D eigenvalue weighted by Crippen LogP contribution is 2.37. The largest absolute Gasteiger partial charge is 0.490 e. The van der Waals surface area contributed by atoms with Gasteiger partial charge in [-0.15, -0.1) is 0 Å². The molecule has 2 aromatic rings. The minimum Gasteiger partial charge on any atom is -0.490 e. The van der Waals surface area contributed by atoms with Crippen molar-refractivity contribution in [1.29, 1.82) is 0 Å². The number of ether oxygens (including phenoxy) is 3. The molecule has 1 aliphatic heterocycles. The maximum Gasteiger partial charge on any atom is 0.180 e. The van der Waals surface area contributed by atoms with Crippen LogP contribution in [0.3, 0.4) is 0 Å². The van der Waals surface area contributed by atoms with Gasteiger partial charge >= 0.3 is 0 Å². The van der Waals surface area contributed by atoms with E-state index in [0.717, 1.165) is 43.7 Å². The smallest absolute Gasteiger partial charge is 0.180 e. The summed E-state index contributed by atoms with van der Waals surface area (Å²) in [4.78, 5) is 0. The summed E-state index contributed by atoms with van der Waals surface area (Å²) in [6.45, 7) is 7.49. The molecule has 1 fully saturated rings. The van der Waals surface area contributed by atoms with E-state index in [4.69, 9.17) is 25.8 Å². The lowest BCUT2D eigenvalue weighted by Gasteiger charge is -2.16. The van der Waals surface area contributed by atoms with E-state index in [1.807, 2.05) is 19.1 Å². The first kappa shape index (κ1) is 20.0. The Morgan fingerprint density at radius 2 is 1.96 bits per heavy atom. The van der Waals surface area contributed by atoms with Gasteiger partial charge in [0.15, 0.2) is 11.5 Å². The summed E-state index contributed by atoms with van der Waals surface area (Å²) in [5.74, 6) is 1.29. The van der Waals surface area contributed by atoms with Gasteiger partial charge in [-0.2, -0.15) is 0 Å². The molecule has 1 unspecified atom stereocenters. The predicted molar refractivity (Wildman–Crippen MR) is 109 cm³/mol. The molecule has 0 aromatic heterocycles. The highest BCUT2D eigenvalue weighted by Gasteiger charge is 2.16. The molecule has 4 nitrogen and oxygen atoms in total. The Morgan fingerprint density at radius 1 is 1.15 bits per heavy atom. The van der Waals surface area contributed by atoms with Crippen LogP contribution in [0.15, 0.2) is 36.4 Å². The molecule has 1 aliphatic rings. The van der Waals surface area contributed by atoms with Crippen LogP contribution in [0.2, 0.25) is 5.02 Å². The third-order valence-electron chi connectivity index (χ3n) is 4.60. The van der Waals surface area contributed by atoms with E-state index in [1.165, 1.54) is 5.56 Å². The van der Waals surface area contributed by atoms with Gasteiger partial charge in [0.05, 0.1) is 17.7 Å². The summed E-state index contributed by atoms with van der Waals surface area (Å²) < 4.78 is 17.4. The standard InChI is InChI=1S/C22H28ClNO3/c1-3-25-21-12-18(13-24-14-19-5-4-10-26-19)11-20(23)22(21)27-15-17-8-6-16(2)7-9-17/h6-9,11-12,19,24H,3-5,10,13-15H2,1-2H3. The molecule has 0 aliphatic carbocycles. The zero-order chi connectivity index (χ0) is 19.1. The summed E-state index contributed by atoms with van der Waals surface area (Å²) >= 11 is 6.51. The van der Waals surface area contributed by atoms with Gasteiger partial charge in [-0.3, -0.25) is 0 Å². The first-order chi connectivity index (χ1) is 13.2. The molecular formula is C22H28ClNO3. The Labute approximate surface area is 166 Å². The molecule has 146 valence electrons. The SMILES string of the molecule is CCOc1cc(CNCC2CCCO2)cc(Cl)c1OCc1ccc(C)cc1. The van der Waals surface area contributed by atoms with Crippen LogP contribution >= 0.6 is 11.6 Å². The highest BCUT2D eigenvalue weighted by atomic mass is 35.5. The molecule has 27 heavy (non-hydrogen) atoms. The molecule has 1 heterocycles. The molecule has 1 saturated heterocycles. The zero-order valence-corrected chi connectivity index (χ0v) is 16.8. The summed E-state index contributed by atoms with van der Waals surface area (Å²) in [6, 6.07) is 12.2. The fraction of sp³-hybridized carbons (Fsp3) is 0.455. The predicted octanol–water partition coefficient (Wildman–Crippen LogP) is 4.89. The molecule has 1 atom stereocenters. The van der Waals surface area contributed by atoms with Crippen LogP contribution in [-0.2, 0) is 17.9 Å². The van der Waals surface area contributed by atoms with Crippen LogP contribution in [0.4, 0.5) is 0 Å². The van der Waals surface area contributed by atoms with Gasteiger partial charge in [-0.05, 0) is 49.9 Å². The molecule has 1 N–H and O–H groups in total. The number of nitrogens with one attached hydrogen (secondary N) is 1. The Kier molecular flexibility index (Phi) is 7.39. The van der Waals surface area contributed by atoms with Crippen molar-refractivity contribution >= 4 is 11.6 Å². The van der Waals surface area contributed by atoms with E-state index in [2.05, 4.69) is 36.5 Å². The second-order valence-electron chi connectivity index (χ2n) is 6.88.